The molecule has 10 heteroatoms. The van der Waals surface area contributed by atoms with Gasteiger partial charge in [0.1, 0.15) is 19.8 Å². The van der Waals surface area contributed by atoms with E-state index in [9.17, 15) is 19.0 Å². The van der Waals surface area contributed by atoms with Crippen molar-refractivity contribution in [1.29, 1.82) is 0 Å². The summed E-state index contributed by atoms with van der Waals surface area (Å²) in [7, 11) is 1.48. The smallest absolute Gasteiger partial charge is 0.462 e. The fourth-order valence-electron chi connectivity index (χ4n) is 6.87. The van der Waals surface area contributed by atoms with Gasteiger partial charge in [-0.2, -0.15) is 0 Å². The summed E-state index contributed by atoms with van der Waals surface area (Å²) in [5, 5.41) is 0. The highest BCUT2D eigenvalue weighted by Crippen LogP contribution is 2.43. The molecular weight excluding hydrogens is 762 g/mol. The van der Waals surface area contributed by atoms with Crippen LogP contribution in [0.15, 0.2) is 24.3 Å². The second kappa shape index (κ2) is 41.8. The number of ether oxygens (including phenoxy) is 2. The van der Waals surface area contributed by atoms with E-state index in [4.69, 9.17) is 18.5 Å². The van der Waals surface area contributed by atoms with Gasteiger partial charge in [-0.05, 0) is 44.9 Å². The molecule has 1 N–H and O–H groups in total. The third-order valence-corrected chi connectivity index (χ3v) is 11.7. The first kappa shape index (κ1) is 57.5. The topological polar surface area (TPSA) is 108 Å². The molecule has 0 rings (SSSR count). The van der Waals surface area contributed by atoms with Gasteiger partial charge in [-0.1, -0.05) is 192 Å². The Labute approximate surface area is 364 Å². The largest absolute Gasteiger partial charge is 0.472 e. The molecular formula is C49H95NO8P+. The van der Waals surface area contributed by atoms with Gasteiger partial charge in [0.05, 0.1) is 27.7 Å². The highest BCUT2D eigenvalue weighted by molar-refractivity contribution is 7.47. The van der Waals surface area contributed by atoms with Crippen LogP contribution in [-0.2, 0) is 32.7 Å². The van der Waals surface area contributed by atoms with E-state index in [-0.39, 0.29) is 32.0 Å². The number of unbranched alkanes of at least 4 members (excludes halogenated alkanes) is 27. The van der Waals surface area contributed by atoms with Crippen LogP contribution in [0.2, 0.25) is 0 Å². The quantitative estimate of drug-likeness (QED) is 0.0212. The van der Waals surface area contributed by atoms with E-state index < -0.39 is 26.5 Å². The fourth-order valence-corrected chi connectivity index (χ4v) is 7.61. The van der Waals surface area contributed by atoms with Crippen molar-refractivity contribution in [3.63, 3.8) is 0 Å². The molecule has 0 aromatic heterocycles. The Bertz CT molecular complexity index is 1060. The molecule has 0 bridgehead atoms. The molecule has 1 unspecified atom stereocenters. The number of esters is 2. The van der Waals surface area contributed by atoms with Gasteiger partial charge in [0.15, 0.2) is 6.10 Å². The van der Waals surface area contributed by atoms with Gasteiger partial charge >= 0.3 is 19.8 Å². The van der Waals surface area contributed by atoms with Crippen LogP contribution in [0.5, 0.6) is 0 Å². The van der Waals surface area contributed by atoms with Gasteiger partial charge in [0, 0.05) is 12.8 Å². The van der Waals surface area contributed by atoms with E-state index in [2.05, 4.69) is 38.2 Å². The van der Waals surface area contributed by atoms with Crippen molar-refractivity contribution < 1.29 is 42.1 Å². The third kappa shape index (κ3) is 45.8. The molecule has 0 saturated heterocycles. The van der Waals surface area contributed by atoms with Crippen molar-refractivity contribution >= 4 is 19.8 Å². The summed E-state index contributed by atoms with van der Waals surface area (Å²) in [6, 6.07) is 0. The lowest BCUT2D eigenvalue weighted by Crippen LogP contribution is -2.37. The van der Waals surface area contributed by atoms with E-state index >= 15 is 0 Å². The van der Waals surface area contributed by atoms with E-state index in [1.165, 1.54) is 135 Å². The van der Waals surface area contributed by atoms with Crippen LogP contribution in [0.25, 0.3) is 0 Å². The minimum Gasteiger partial charge on any atom is -0.462 e. The lowest BCUT2D eigenvalue weighted by Gasteiger charge is -2.24. The molecule has 9 nitrogen and oxygen atoms in total. The number of phosphoric ester groups is 1. The minimum absolute atomic E-state index is 0.0315. The second-order valence-electron chi connectivity index (χ2n) is 17.9. The summed E-state index contributed by atoms with van der Waals surface area (Å²) < 4.78 is 34.4. The predicted molar refractivity (Wildman–Crippen MR) is 247 cm³/mol. The van der Waals surface area contributed by atoms with Crippen molar-refractivity contribution in [1.82, 2.24) is 0 Å². The van der Waals surface area contributed by atoms with Crippen molar-refractivity contribution in [3.05, 3.63) is 24.3 Å². The van der Waals surface area contributed by atoms with Crippen LogP contribution in [0.4, 0.5) is 0 Å². The summed E-state index contributed by atoms with van der Waals surface area (Å²) in [5.41, 5.74) is 0. The zero-order valence-corrected chi connectivity index (χ0v) is 40.1. The Kier molecular flexibility index (Phi) is 40.8. The highest BCUT2D eigenvalue weighted by atomic mass is 31.2. The van der Waals surface area contributed by atoms with Crippen molar-refractivity contribution in [2.24, 2.45) is 0 Å². The first-order chi connectivity index (χ1) is 28.5. The number of hydrogen-bond acceptors (Lipinski definition) is 7. The van der Waals surface area contributed by atoms with Gasteiger partial charge in [0.25, 0.3) is 0 Å². The monoisotopic (exact) mass is 857 g/mol. The molecule has 0 aliphatic heterocycles. The number of rotatable bonds is 45. The Balaban J connectivity index is 4.26. The maximum atomic E-state index is 12.7. The lowest BCUT2D eigenvalue weighted by atomic mass is 10.0. The zero-order chi connectivity index (χ0) is 43.6. The Morgan fingerprint density at radius 3 is 1.37 bits per heavy atom. The zero-order valence-electron chi connectivity index (χ0n) is 39.2. The molecule has 0 saturated carbocycles. The van der Waals surface area contributed by atoms with Crippen molar-refractivity contribution in [3.8, 4) is 0 Å². The van der Waals surface area contributed by atoms with Crippen molar-refractivity contribution in [2.45, 2.75) is 232 Å². The first-order valence-electron chi connectivity index (χ1n) is 24.6. The van der Waals surface area contributed by atoms with E-state index in [1.54, 1.807) is 0 Å². The molecule has 0 radical (unpaired) electrons. The number of carbonyl (C=O) groups excluding carboxylic acids is 2. The Morgan fingerprint density at radius 2 is 0.915 bits per heavy atom. The number of nitrogens with zero attached hydrogens (tertiary/aromatic N) is 1. The molecule has 2 atom stereocenters. The average Bonchev–Trinajstić information content (AvgIpc) is 3.19. The summed E-state index contributed by atoms with van der Waals surface area (Å²) in [6.45, 7) is 4.41. The molecule has 0 fully saturated rings. The molecule has 0 heterocycles. The number of carbonyl (C=O) groups is 2. The van der Waals surface area contributed by atoms with Crippen LogP contribution < -0.4 is 0 Å². The summed E-state index contributed by atoms with van der Waals surface area (Å²) in [5.74, 6) is -0.804. The Hall–Kier alpha value is -1.51. The van der Waals surface area contributed by atoms with Crippen molar-refractivity contribution in [2.75, 3.05) is 47.5 Å². The average molecular weight is 857 g/mol. The number of quaternary nitrogens is 1. The number of hydrogen-bond donors (Lipinski definition) is 1. The van der Waals surface area contributed by atoms with Crippen LogP contribution in [-0.4, -0.2) is 74.9 Å². The number of allylic oxidation sites excluding steroid dienone is 4. The molecule has 59 heavy (non-hydrogen) atoms. The summed E-state index contributed by atoms with van der Waals surface area (Å²) in [4.78, 5) is 35.5. The van der Waals surface area contributed by atoms with Crippen LogP contribution >= 0.6 is 7.82 Å². The van der Waals surface area contributed by atoms with E-state index in [0.717, 1.165) is 57.8 Å². The first-order valence-corrected chi connectivity index (χ1v) is 26.1. The second-order valence-corrected chi connectivity index (χ2v) is 19.3. The van der Waals surface area contributed by atoms with Gasteiger partial charge < -0.3 is 18.9 Å². The molecule has 0 aliphatic rings. The molecule has 0 aliphatic carbocycles. The van der Waals surface area contributed by atoms with Crippen LogP contribution in [0.1, 0.15) is 226 Å². The van der Waals surface area contributed by atoms with E-state index in [1.807, 2.05) is 21.1 Å². The molecule has 348 valence electrons. The SMILES string of the molecule is CCCCC/C=C/C/C=C/CCCCCCCC(=O)OC[C@H](COP(=O)(O)OCC[N+](C)(C)C)OC(=O)CCCCCCCCCCCCCCCCCCCCCC. The summed E-state index contributed by atoms with van der Waals surface area (Å²) in [6.07, 6.45) is 46.5. The van der Waals surface area contributed by atoms with Gasteiger partial charge in [-0.15, -0.1) is 0 Å². The summed E-state index contributed by atoms with van der Waals surface area (Å²) >= 11 is 0. The Morgan fingerprint density at radius 1 is 0.525 bits per heavy atom. The maximum absolute atomic E-state index is 12.7. The highest BCUT2D eigenvalue weighted by Gasteiger charge is 2.27. The van der Waals surface area contributed by atoms with Gasteiger partial charge in [-0.3, -0.25) is 18.6 Å². The van der Waals surface area contributed by atoms with Crippen LogP contribution in [0.3, 0.4) is 0 Å². The predicted octanol–water partition coefficient (Wildman–Crippen LogP) is 14.3. The molecule has 0 aromatic carbocycles. The maximum Gasteiger partial charge on any atom is 0.472 e. The lowest BCUT2D eigenvalue weighted by molar-refractivity contribution is -0.870. The van der Waals surface area contributed by atoms with Gasteiger partial charge in [-0.25, -0.2) is 4.57 Å². The number of phosphoric acid groups is 1. The molecule has 0 amide bonds. The molecule has 0 spiro atoms. The molecule has 0 aromatic rings. The fraction of sp³-hybridized carbons (Fsp3) is 0.878. The number of likely N-dealkylation sites (N-methyl/N-ethyl adjacent to an activating group) is 1. The standard InChI is InChI=1S/C49H94NO8P/c1-6-8-10-12-14-16-18-20-22-23-24-25-26-28-30-32-34-36-38-40-42-49(52)58-47(46-57-59(53,54)56-44-43-50(3,4)5)45-55-48(51)41-39-37-35-33-31-29-27-21-19-17-15-13-11-9-7-2/h15,17,21,27,47H,6-14,16,18-20,22-26,28-46H2,1-5H3/p+1/b17-15+,27-21+/t47-/m1/s1. The minimum atomic E-state index is -4.38. The van der Waals surface area contributed by atoms with Gasteiger partial charge in [0.2, 0.25) is 0 Å². The normalized spacial score (nSPS) is 13.7. The van der Waals surface area contributed by atoms with Crippen LogP contribution in [0, 0.1) is 0 Å². The third-order valence-electron chi connectivity index (χ3n) is 10.7. The van der Waals surface area contributed by atoms with E-state index in [0.29, 0.717) is 17.4 Å².